The quantitative estimate of drug-likeness (QED) is 0.197. The Morgan fingerprint density at radius 2 is 1.72 bits per heavy atom. The molecular weight excluding hydrogens is 439 g/mol. The molecule has 8 nitrogen and oxygen atoms in total. The number of ether oxygens (including phenoxy) is 1. The van der Waals surface area contributed by atoms with Gasteiger partial charge in [-0.2, -0.15) is 13.5 Å². The second-order valence-corrected chi connectivity index (χ2v) is 8.03. The fraction of sp³-hybridized carbons (Fsp3) is 0.0455. The maximum atomic E-state index is 11.8. The topological polar surface area (TPSA) is 127 Å². The molecule has 0 aliphatic heterocycles. The Morgan fingerprint density at radius 1 is 0.969 bits per heavy atom. The predicted octanol–water partition coefficient (Wildman–Crippen LogP) is 2.17. The van der Waals surface area contributed by atoms with Gasteiger partial charge in [0, 0.05) is 23.0 Å². The van der Waals surface area contributed by atoms with Crippen LogP contribution in [0.15, 0.2) is 94.1 Å². The number of benzene rings is 3. The number of hydrogen-bond donors (Lipinski definition) is 2. The summed E-state index contributed by atoms with van der Waals surface area (Å²) in [6.45, 7) is 0.302. The monoisotopic (exact) mass is 458 g/mol. The number of nitrogens with two attached hydrogens (primary N) is 1. The molecule has 0 unspecified atom stereocenters. The molecule has 0 radical (unpaired) electrons. The van der Waals surface area contributed by atoms with E-state index in [1.807, 2.05) is 18.2 Å². The molecule has 158 valence electrons. The van der Waals surface area contributed by atoms with Gasteiger partial charge in [-0.1, -0.05) is 36.4 Å². The third kappa shape index (κ3) is 5.50. The first-order valence-electron chi connectivity index (χ1n) is 9.25. The van der Waals surface area contributed by atoms with E-state index in [2.05, 4.69) is 15.2 Å². The first kappa shape index (κ1) is 23.8. The van der Waals surface area contributed by atoms with Gasteiger partial charge >= 0.3 is 29.6 Å². The molecule has 0 spiro atoms. The van der Waals surface area contributed by atoms with E-state index in [0.717, 1.165) is 5.69 Å². The Labute approximate surface area is 208 Å². The molecule has 32 heavy (non-hydrogen) atoms. The van der Waals surface area contributed by atoms with Crippen molar-refractivity contribution in [1.82, 2.24) is 4.98 Å². The van der Waals surface area contributed by atoms with Gasteiger partial charge in [0.05, 0.1) is 17.1 Å². The van der Waals surface area contributed by atoms with Crippen LogP contribution in [0.5, 0.6) is 5.75 Å². The second kappa shape index (κ2) is 10.2. The fourth-order valence-electron chi connectivity index (χ4n) is 3.03. The van der Waals surface area contributed by atoms with Crippen LogP contribution >= 0.6 is 0 Å². The van der Waals surface area contributed by atoms with Crippen molar-refractivity contribution in [1.29, 1.82) is 0 Å². The molecule has 0 amide bonds. The summed E-state index contributed by atoms with van der Waals surface area (Å²) in [5.41, 5.74) is 7.84. The van der Waals surface area contributed by atoms with Crippen LogP contribution in [0.1, 0.15) is 7.12 Å². The van der Waals surface area contributed by atoms with E-state index in [1.165, 1.54) is 6.07 Å². The minimum absolute atomic E-state index is 0. The van der Waals surface area contributed by atoms with Crippen LogP contribution in [0.3, 0.4) is 0 Å². The van der Waals surface area contributed by atoms with Gasteiger partial charge in [-0.05, 0) is 30.3 Å². The van der Waals surface area contributed by atoms with E-state index in [9.17, 15) is 13.0 Å². The number of nitrogens with zero attached hydrogens (tertiary/aromatic N) is 3. The largest absolute Gasteiger partial charge is 1.00 e. The molecule has 3 aromatic carbocycles. The molecule has 0 aliphatic rings. The molecule has 4 rings (SSSR count). The third-order valence-corrected chi connectivity index (χ3v) is 5.40. The molecule has 4 aromatic rings. The minimum atomic E-state index is -4.48. The number of hydrogen-bond acceptors (Lipinski definition) is 7. The molecule has 10 heteroatoms. The van der Waals surface area contributed by atoms with Gasteiger partial charge in [0.1, 0.15) is 22.9 Å². The maximum Gasteiger partial charge on any atom is 1.00 e. The molecule has 0 atom stereocenters. The fourth-order valence-corrected chi connectivity index (χ4v) is 3.75. The molecule has 0 saturated carbocycles. The number of azo groups is 1. The van der Waals surface area contributed by atoms with Crippen LogP contribution in [0.2, 0.25) is 0 Å². The summed E-state index contributed by atoms with van der Waals surface area (Å²) in [5, 5.41) is 9.04. The van der Waals surface area contributed by atoms with Gasteiger partial charge in [-0.25, -0.2) is 0 Å². The van der Waals surface area contributed by atoms with Gasteiger partial charge in [0.15, 0.2) is 0 Å². The van der Waals surface area contributed by atoms with E-state index in [4.69, 9.17) is 10.5 Å². The third-order valence-electron chi connectivity index (χ3n) is 4.51. The molecule has 1 heterocycles. The van der Waals surface area contributed by atoms with Crippen molar-refractivity contribution in [2.24, 2.45) is 10.2 Å². The molecule has 1 aromatic heterocycles. The zero-order chi connectivity index (χ0) is 21.8. The normalized spacial score (nSPS) is 11.4. The number of aromatic nitrogens is 1. The summed E-state index contributed by atoms with van der Waals surface area (Å²) >= 11 is 0. The van der Waals surface area contributed by atoms with Crippen molar-refractivity contribution in [2.45, 2.75) is 11.5 Å². The molecule has 0 bridgehead atoms. The van der Waals surface area contributed by atoms with Gasteiger partial charge in [-0.15, -0.1) is 5.11 Å². The van der Waals surface area contributed by atoms with Crippen molar-refractivity contribution >= 4 is 38.0 Å². The van der Waals surface area contributed by atoms with Crippen LogP contribution in [-0.4, -0.2) is 18.0 Å². The van der Waals surface area contributed by atoms with Crippen LogP contribution < -0.4 is 40.0 Å². The Morgan fingerprint density at radius 3 is 2.44 bits per heavy atom. The Balaban J connectivity index is 0.00000193. The van der Waals surface area contributed by atoms with Crippen molar-refractivity contribution in [3.8, 4) is 5.75 Å². The molecular formula is C22H19N4NaO4S. The van der Waals surface area contributed by atoms with E-state index < -0.39 is 10.1 Å². The zero-order valence-electron chi connectivity index (χ0n) is 18.2. The molecule has 3 N–H and O–H groups in total. The number of pyridine rings is 1. The minimum Gasteiger partial charge on any atom is -1.00 e. The average Bonchev–Trinajstić information content (AvgIpc) is 2.77. The maximum absolute atomic E-state index is 11.8. The van der Waals surface area contributed by atoms with Gasteiger partial charge in [0.2, 0.25) is 0 Å². The van der Waals surface area contributed by atoms with Crippen LogP contribution in [0, 0.1) is 0 Å². The molecule has 0 fully saturated rings. The van der Waals surface area contributed by atoms with E-state index >= 15 is 0 Å². The standard InChI is InChI=1S/C22H18N4O4S.Na.H/c23-22-19-10-2-1-9-18(19)21(31(27,28)29)13-20(22)26-25-15-7-5-8-17(12-15)30-14-16-6-3-4-11-24-16;;/h1-13H,14,23H2,(H,27,28,29);;/q;+1;-1. The van der Waals surface area contributed by atoms with Crippen molar-refractivity contribution in [3.05, 3.63) is 84.7 Å². The Bertz CT molecular complexity index is 1390. The van der Waals surface area contributed by atoms with Gasteiger partial charge in [-0.3, -0.25) is 9.54 Å². The molecule has 0 aliphatic carbocycles. The number of rotatable bonds is 6. The molecule has 0 saturated heterocycles. The summed E-state index contributed by atoms with van der Waals surface area (Å²) in [6, 6.07) is 20.3. The summed E-state index contributed by atoms with van der Waals surface area (Å²) in [5.74, 6) is 0.576. The second-order valence-electron chi connectivity index (χ2n) is 6.64. The van der Waals surface area contributed by atoms with Crippen LogP contribution in [0.4, 0.5) is 17.1 Å². The Hall–Kier alpha value is -2.82. The van der Waals surface area contributed by atoms with E-state index in [1.54, 1.807) is 54.7 Å². The number of anilines is 1. The Kier molecular flexibility index (Phi) is 7.60. The van der Waals surface area contributed by atoms with Crippen LogP contribution in [0.25, 0.3) is 10.8 Å². The SMILES string of the molecule is Nc1c(N=Nc2cccc(OCc3ccccn3)c2)cc(S(=O)(=O)O)c2ccccc12.[H-].[Na+]. The zero-order valence-corrected chi connectivity index (χ0v) is 20.0. The van der Waals surface area contributed by atoms with Gasteiger partial charge < -0.3 is 11.9 Å². The van der Waals surface area contributed by atoms with Crippen molar-refractivity contribution in [2.75, 3.05) is 5.73 Å². The smallest absolute Gasteiger partial charge is 1.00 e. The van der Waals surface area contributed by atoms with Crippen LogP contribution in [-0.2, 0) is 16.7 Å². The first-order chi connectivity index (χ1) is 14.9. The van der Waals surface area contributed by atoms with Crippen molar-refractivity contribution < 1.29 is 48.7 Å². The van der Waals surface area contributed by atoms with E-state index in [0.29, 0.717) is 28.8 Å². The summed E-state index contributed by atoms with van der Waals surface area (Å²) in [4.78, 5) is 3.93. The predicted molar refractivity (Wildman–Crippen MR) is 118 cm³/mol. The summed E-state index contributed by atoms with van der Waals surface area (Å²) in [6.07, 6.45) is 1.69. The first-order valence-corrected chi connectivity index (χ1v) is 10.7. The van der Waals surface area contributed by atoms with Crippen molar-refractivity contribution in [3.63, 3.8) is 0 Å². The number of nitrogen functional groups attached to an aromatic ring is 1. The number of fused-ring (bicyclic) bond motifs is 1. The summed E-state index contributed by atoms with van der Waals surface area (Å²) < 4.78 is 39.0. The van der Waals surface area contributed by atoms with Gasteiger partial charge in [0.25, 0.3) is 10.1 Å². The average molecular weight is 458 g/mol. The summed E-state index contributed by atoms with van der Waals surface area (Å²) in [7, 11) is -4.48. The van der Waals surface area contributed by atoms with E-state index in [-0.39, 0.29) is 47.3 Å².